The maximum absolute atomic E-state index is 11.6. The van der Waals surface area contributed by atoms with E-state index in [4.69, 9.17) is 10.5 Å². The minimum Gasteiger partial charge on any atom is -0.483 e. The van der Waals surface area contributed by atoms with Gasteiger partial charge < -0.3 is 15.8 Å². The molecular weight excluding hydrogens is 308 g/mol. The van der Waals surface area contributed by atoms with Gasteiger partial charge in [-0.2, -0.15) is 0 Å². The highest BCUT2D eigenvalue weighted by Crippen LogP contribution is 2.28. The molecule has 0 aliphatic carbocycles. The summed E-state index contributed by atoms with van der Waals surface area (Å²) in [5.74, 6) is 0.642. The molecule has 0 heterocycles. The Morgan fingerprint density at radius 3 is 2.74 bits per heavy atom. The Labute approximate surface area is 122 Å². The zero-order valence-electron chi connectivity index (χ0n) is 11.6. The van der Waals surface area contributed by atoms with Crippen LogP contribution in [0.1, 0.15) is 25.0 Å². The molecule has 0 aliphatic heterocycles. The normalized spacial score (nSPS) is 10.6. The number of nitrogens with one attached hydrogen (secondary N) is 1. The van der Waals surface area contributed by atoms with Crippen LogP contribution in [0.15, 0.2) is 16.6 Å². The summed E-state index contributed by atoms with van der Waals surface area (Å²) in [5.41, 5.74) is 7.62. The second-order valence-electron chi connectivity index (χ2n) is 4.76. The third-order valence-electron chi connectivity index (χ3n) is 2.53. The van der Waals surface area contributed by atoms with Gasteiger partial charge in [-0.15, -0.1) is 0 Å². The minimum atomic E-state index is -0.115. The molecule has 0 unspecified atom stereocenters. The fourth-order valence-corrected chi connectivity index (χ4v) is 2.47. The number of halogens is 1. The monoisotopic (exact) mass is 328 g/mol. The van der Waals surface area contributed by atoms with Gasteiger partial charge in [0.15, 0.2) is 6.61 Å². The maximum Gasteiger partial charge on any atom is 0.258 e. The van der Waals surface area contributed by atoms with E-state index in [-0.39, 0.29) is 18.6 Å². The van der Waals surface area contributed by atoms with E-state index in [1.54, 1.807) is 0 Å². The van der Waals surface area contributed by atoms with Gasteiger partial charge in [0.05, 0.1) is 0 Å². The largest absolute Gasteiger partial charge is 0.483 e. The van der Waals surface area contributed by atoms with Crippen LogP contribution in [0.3, 0.4) is 0 Å². The highest BCUT2D eigenvalue weighted by atomic mass is 79.9. The van der Waals surface area contributed by atoms with Crippen LogP contribution < -0.4 is 15.8 Å². The molecule has 0 aliphatic rings. The van der Waals surface area contributed by atoms with Crippen LogP contribution in [-0.2, 0) is 11.2 Å². The first-order valence-corrected chi connectivity index (χ1v) is 7.14. The SMILES string of the molecule is Cc1cc(Br)cc(CCN)c1OCC(=O)NC(C)C. The molecule has 19 heavy (non-hydrogen) atoms. The number of rotatable bonds is 6. The van der Waals surface area contributed by atoms with Gasteiger partial charge in [0.2, 0.25) is 0 Å². The second-order valence-corrected chi connectivity index (χ2v) is 5.68. The molecular formula is C14H21BrN2O2. The predicted octanol–water partition coefficient (Wildman–Crippen LogP) is 2.16. The molecule has 1 rings (SSSR count). The Kier molecular flexibility index (Phi) is 6.31. The maximum atomic E-state index is 11.6. The van der Waals surface area contributed by atoms with Crippen molar-refractivity contribution in [2.24, 2.45) is 5.73 Å². The number of carbonyl (C=O) groups excluding carboxylic acids is 1. The summed E-state index contributed by atoms with van der Waals surface area (Å²) >= 11 is 3.45. The number of ether oxygens (including phenoxy) is 1. The third-order valence-corrected chi connectivity index (χ3v) is 2.99. The lowest BCUT2D eigenvalue weighted by Crippen LogP contribution is -2.34. The van der Waals surface area contributed by atoms with E-state index in [2.05, 4.69) is 21.2 Å². The van der Waals surface area contributed by atoms with Gasteiger partial charge in [0.25, 0.3) is 5.91 Å². The van der Waals surface area contributed by atoms with Crippen molar-refractivity contribution in [1.82, 2.24) is 5.32 Å². The van der Waals surface area contributed by atoms with Crippen LogP contribution in [0.25, 0.3) is 0 Å². The van der Waals surface area contributed by atoms with Gasteiger partial charge in [0.1, 0.15) is 5.75 Å². The first-order valence-electron chi connectivity index (χ1n) is 6.35. The number of nitrogens with two attached hydrogens (primary N) is 1. The van der Waals surface area contributed by atoms with E-state index in [1.165, 1.54) is 0 Å². The molecule has 0 saturated heterocycles. The van der Waals surface area contributed by atoms with Crippen molar-refractivity contribution in [2.75, 3.05) is 13.2 Å². The number of carbonyl (C=O) groups is 1. The Morgan fingerprint density at radius 1 is 1.47 bits per heavy atom. The minimum absolute atomic E-state index is 0.0260. The average Bonchev–Trinajstić information content (AvgIpc) is 2.26. The van der Waals surface area contributed by atoms with Crippen molar-refractivity contribution in [3.8, 4) is 5.75 Å². The molecule has 0 aromatic heterocycles. The number of benzene rings is 1. The average molecular weight is 329 g/mol. The summed E-state index contributed by atoms with van der Waals surface area (Å²) in [6.07, 6.45) is 0.724. The van der Waals surface area contributed by atoms with E-state index < -0.39 is 0 Å². The number of aryl methyl sites for hydroxylation is 1. The zero-order valence-corrected chi connectivity index (χ0v) is 13.2. The van der Waals surface area contributed by atoms with Gasteiger partial charge in [-0.05, 0) is 57.0 Å². The lowest BCUT2D eigenvalue weighted by molar-refractivity contribution is -0.123. The number of amides is 1. The third kappa shape index (κ3) is 5.20. The molecule has 0 bridgehead atoms. The zero-order chi connectivity index (χ0) is 14.4. The van der Waals surface area contributed by atoms with Crippen LogP contribution >= 0.6 is 15.9 Å². The molecule has 0 spiro atoms. The molecule has 0 fully saturated rings. The fraction of sp³-hybridized carbons (Fsp3) is 0.500. The van der Waals surface area contributed by atoms with Crippen molar-refractivity contribution in [3.05, 3.63) is 27.7 Å². The lowest BCUT2D eigenvalue weighted by atomic mass is 10.1. The van der Waals surface area contributed by atoms with E-state index in [0.29, 0.717) is 6.54 Å². The van der Waals surface area contributed by atoms with E-state index in [1.807, 2.05) is 32.9 Å². The molecule has 1 amide bonds. The van der Waals surface area contributed by atoms with Gasteiger partial charge >= 0.3 is 0 Å². The highest BCUT2D eigenvalue weighted by molar-refractivity contribution is 9.10. The van der Waals surface area contributed by atoms with Gasteiger partial charge in [-0.1, -0.05) is 15.9 Å². The number of hydrogen-bond acceptors (Lipinski definition) is 3. The summed E-state index contributed by atoms with van der Waals surface area (Å²) in [7, 11) is 0. The molecule has 1 aromatic rings. The summed E-state index contributed by atoms with van der Waals surface area (Å²) in [5, 5.41) is 2.80. The first-order chi connectivity index (χ1) is 8.93. The van der Waals surface area contributed by atoms with Crippen molar-refractivity contribution < 1.29 is 9.53 Å². The topological polar surface area (TPSA) is 64.3 Å². The van der Waals surface area contributed by atoms with Gasteiger partial charge in [-0.25, -0.2) is 0 Å². The molecule has 106 valence electrons. The molecule has 1 aromatic carbocycles. The Balaban J connectivity index is 2.79. The standard InChI is InChI=1S/C14H21BrN2O2/c1-9(2)17-13(18)8-19-14-10(3)6-12(15)7-11(14)4-5-16/h6-7,9H,4-5,8,16H2,1-3H3,(H,17,18). The smallest absolute Gasteiger partial charge is 0.258 e. The molecule has 5 heteroatoms. The second kappa shape index (κ2) is 7.50. The molecule has 0 saturated carbocycles. The summed E-state index contributed by atoms with van der Waals surface area (Å²) in [6.45, 7) is 6.37. The molecule has 4 nitrogen and oxygen atoms in total. The number of hydrogen-bond donors (Lipinski definition) is 2. The van der Waals surface area contributed by atoms with Crippen LogP contribution in [-0.4, -0.2) is 25.1 Å². The lowest BCUT2D eigenvalue weighted by Gasteiger charge is -2.15. The highest BCUT2D eigenvalue weighted by Gasteiger charge is 2.11. The molecule has 0 atom stereocenters. The predicted molar refractivity (Wildman–Crippen MR) is 80.4 cm³/mol. The van der Waals surface area contributed by atoms with Crippen LogP contribution in [0.2, 0.25) is 0 Å². The quantitative estimate of drug-likeness (QED) is 0.841. The van der Waals surface area contributed by atoms with Crippen molar-refractivity contribution in [2.45, 2.75) is 33.2 Å². The van der Waals surface area contributed by atoms with Crippen LogP contribution in [0, 0.1) is 6.92 Å². The molecule has 3 N–H and O–H groups in total. The van der Waals surface area contributed by atoms with E-state index in [0.717, 1.165) is 27.8 Å². The van der Waals surface area contributed by atoms with Gasteiger partial charge in [0, 0.05) is 10.5 Å². The molecule has 0 radical (unpaired) electrons. The Bertz CT molecular complexity index is 447. The van der Waals surface area contributed by atoms with E-state index in [9.17, 15) is 4.79 Å². The Hall–Kier alpha value is -1.07. The van der Waals surface area contributed by atoms with Gasteiger partial charge in [-0.3, -0.25) is 4.79 Å². The van der Waals surface area contributed by atoms with Crippen LogP contribution in [0.5, 0.6) is 5.75 Å². The summed E-state index contributed by atoms with van der Waals surface area (Å²) in [6, 6.07) is 4.07. The Morgan fingerprint density at radius 2 is 2.16 bits per heavy atom. The van der Waals surface area contributed by atoms with Crippen molar-refractivity contribution in [3.63, 3.8) is 0 Å². The summed E-state index contributed by atoms with van der Waals surface area (Å²) < 4.78 is 6.64. The summed E-state index contributed by atoms with van der Waals surface area (Å²) in [4.78, 5) is 11.6. The first kappa shape index (κ1) is 16.0. The van der Waals surface area contributed by atoms with Crippen molar-refractivity contribution >= 4 is 21.8 Å². The van der Waals surface area contributed by atoms with Crippen molar-refractivity contribution in [1.29, 1.82) is 0 Å². The van der Waals surface area contributed by atoms with Crippen LogP contribution in [0.4, 0.5) is 0 Å². The fourth-order valence-electron chi connectivity index (χ4n) is 1.85. The van der Waals surface area contributed by atoms with E-state index >= 15 is 0 Å².